The minimum absolute atomic E-state index is 0.361. The van der Waals surface area contributed by atoms with E-state index in [1.165, 1.54) is 30.4 Å². The average molecular weight is 343 g/mol. The van der Waals surface area contributed by atoms with Gasteiger partial charge in [-0.05, 0) is 78.8 Å². The normalized spacial score (nSPS) is 21.6. The first kappa shape index (κ1) is 17.0. The number of carboxylic acid groups (broad SMARTS) is 1. The Morgan fingerprint density at radius 1 is 1.12 bits per heavy atom. The average Bonchev–Trinajstić information content (AvgIpc) is 3.04. The van der Waals surface area contributed by atoms with Gasteiger partial charge in [-0.2, -0.15) is 0 Å². The standard InChI is InChI=1S/C21H23ClO2/c1-14(17-8-10-20(22)11-9-17)19-7-4-16(13-19)12-15-2-5-18(6-3-15)21(23)24/h2-3,5-6,8-11,14,16,19H,4,7,12-13H2,1H3,(H,23,24)/t14-,16?,19+/m1/s1. The van der Waals surface area contributed by atoms with Crippen LogP contribution in [0.4, 0.5) is 0 Å². The zero-order valence-electron chi connectivity index (χ0n) is 13.9. The summed E-state index contributed by atoms with van der Waals surface area (Å²) in [4.78, 5) is 10.9. The maximum atomic E-state index is 10.9. The molecule has 2 aromatic carbocycles. The monoisotopic (exact) mass is 342 g/mol. The third-order valence-corrected chi connectivity index (χ3v) is 5.66. The number of halogens is 1. The summed E-state index contributed by atoms with van der Waals surface area (Å²) in [5.74, 6) is 1.11. The van der Waals surface area contributed by atoms with E-state index in [1.807, 2.05) is 24.3 Å². The predicted octanol–water partition coefficient (Wildman–Crippen LogP) is 5.80. The molecule has 0 saturated heterocycles. The molecule has 1 saturated carbocycles. The molecule has 1 aliphatic rings. The van der Waals surface area contributed by atoms with Crippen LogP contribution >= 0.6 is 11.6 Å². The van der Waals surface area contributed by atoms with Crippen LogP contribution in [0.25, 0.3) is 0 Å². The molecule has 0 amide bonds. The lowest BCUT2D eigenvalue weighted by Gasteiger charge is -2.20. The number of carboxylic acids is 1. The number of carbonyl (C=O) groups is 1. The molecule has 0 bridgehead atoms. The number of hydrogen-bond acceptors (Lipinski definition) is 1. The quantitative estimate of drug-likeness (QED) is 0.745. The van der Waals surface area contributed by atoms with Gasteiger partial charge in [0.1, 0.15) is 0 Å². The van der Waals surface area contributed by atoms with Crippen LogP contribution in [0.15, 0.2) is 48.5 Å². The summed E-state index contributed by atoms with van der Waals surface area (Å²) in [7, 11) is 0. The van der Waals surface area contributed by atoms with E-state index in [2.05, 4.69) is 19.1 Å². The Hall–Kier alpha value is -1.80. The van der Waals surface area contributed by atoms with Gasteiger partial charge in [0, 0.05) is 5.02 Å². The van der Waals surface area contributed by atoms with Crippen LogP contribution in [0.3, 0.4) is 0 Å². The Morgan fingerprint density at radius 3 is 2.42 bits per heavy atom. The second-order valence-corrected chi connectivity index (χ2v) is 7.42. The van der Waals surface area contributed by atoms with Gasteiger partial charge < -0.3 is 5.11 Å². The summed E-state index contributed by atoms with van der Waals surface area (Å²) in [5.41, 5.74) is 2.97. The zero-order valence-corrected chi connectivity index (χ0v) is 14.7. The number of hydrogen-bond donors (Lipinski definition) is 1. The van der Waals surface area contributed by atoms with Gasteiger partial charge in [0.25, 0.3) is 0 Å². The van der Waals surface area contributed by atoms with Gasteiger partial charge in [0.2, 0.25) is 0 Å². The van der Waals surface area contributed by atoms with E-state index in [9.17, 15) is 4.79 Å². The molecule has 3 rings (SSSR count). The van der Waals surface area contributed by atoms with E-state index < -0.39 is 5.97 Å². The molecule has 0 aromatic heterocycles. The predicted molar refractivity (Wildman–Crippen MR) is 97.8 cm³/mol. The van der Waals surface area contributed by atoms with Crippen LogP contribution in [0.5, 0.6) is 0 Å². The van der Waals surface area contributed by atoms with Crippen LogP contribution in [0.1, 0.15) is 53.6 Å². The molecule has 126 valence electrons. The Kier molecular flexibility index (Phi) is 5.25. The summed E-state index contributed by atoms with van der Waals surface area (Å²) >= 11 is 5.98. The molecule has 0 spiro atoms. The van der Waals surface area contributed by atoms with E-state index in [0.717, 1.165) is 17.4 Å². The third-order valence-electron chi connectivity index (χ3n) is 5.41. The fraction of sp³-hybridized carbons (Fsp3) is 0.381. The Bertz CT molecular complexity index is 691. The Morgan fingerprint density at radius 2 is 1.79 bits per heavy atom. The smallest absolute Gasteiger partial charge is 0.335 e. The van der Waals surface area contributed by atoms with Crippen LogP contribution in [0, 0.1) is 11.8 Å². The first-order chi connectivity index (χ1) is 11.5. The summed E-state index contributed by atoms with van der Waals surface area (Å²) in [6.07, 6.45) is 4.80. The van der Waals surface area contributed by atoms with E-state index in [1.54, 1.807) is 12.1 Å². The Labute approximate surface area is 148 Å². The number of aromatic carboxylic acids is 1. The van der Waals surface area contributed by atoms with Gasteiger partial charge in [-0.3, -0.25) is 0 Å². The first-order valence-corrected chi connectivity index (χ1v) is 8.98. The second kappa shape index (κ2) is 7.40. The lowest BCUT2D eigenvalue weighted by atomic mass is 9.85. The van der Waals surface area contributed by atoms with Crippen LogP contribution in [-0.2, 0) is 6.42 Å². The minimum Gasteiger partial charge on any atom is -0.478 e. The van der Waals surface area contributed by atoms with Crippen molar-refractivity contribution in [2.24, 2.45) is 11.8 Å². The lowest BCUT2D eigenvalue weighted by Crippen LogP contribution is -2.08. The highest BCUT2D eigenvalue weighted by molar-refractivity contribution is 6.30. The molecular formula is C21H23ClO2. The highest BCUT2D eigenvalue weighted by atomic mass is 35.5. The van der Waals surface area contributed by atoms with Gasteiger partial charge in [-0.1, -0.05) is 42.8 Å². The highest BCUT2D eigenvalue weighted by Crippen LogP contribution is 2.41. The van der Waals surface area contributed by atoms with Gasteiger partial charge in [-0.25, -0.2) is 4.79 Å². The van der Waals surface area contributed by atoms with Crippen molar-refractivity contribution < 1.29 is 9.90 Å². The van der Waals surface area contributed by atoms with E-state index in [-0.39, 0.29) is 0 Å². The van der Waals surface area contributed by atoms with Gasteiger partial charge in [-0.15, -0.1) is 0 Å². The molecule has 24 heavy (non-hydrogen) atoms. The van der Waals surface area contributed by atoms with Crippen molar-refractivity contribution in [1.82, 2.24) is 0 Å². The number of benzene rings is 2. The zero-order chi connectivity index (χ0) is 17.1. The van der Waals surface area contributed by atoms with Crippen LogP contribution in [-0.4, -0.2) is 11.1 Å². The van der Waals surface area contributed by atoms with Crippen molar-refractivity contribution in [1.29, 1.82) is 0 Å². The van der Waals surface area contributed by atoms with Crippen LogP contribution in [0.2, 0.25) is 5.02 Å². The van der Waals surface area contributed by atoms with Gasteiger partial charge in [0.05, 0.1) is 5.56 Å². The van der Waals surface area contributed by atoms with E-state index in [0.29, 0.717) is 17.4 Å². The van der Waals surface area contributed by atoms with Crippen molar-refractivity contribution in [2.75, 3.05) is 0 Å². The molecule has 3 heteroatoms. The second-order valence-electron chi connectivity index (χ2n) is 6.99. The number of rotatable bonds is 5. The maximum Gasteiger partial charge on any atom is 0.335 e. The first-order valence-electron chi connectivity index (χ1n) is 8.60. The fourth-order valence-electron chi connectivity index (χ4n) is 3.91. The van der Waals surface area contributed by atoms with Crippen molar-refractivity contribution in [2.45, 2.75) is 38.5 Å². The van der Waals surface area contributed by atoms with Crippen molar-refractivity contribution in [3.63, 3.8) is 0 Å². The topological polar surface area (TPSA) is 37.3 Å². The van der Waals surface area contributed by atoms with Crippen molar-refractivity contribution >= 4 is 17.6 Å². The SMILES string of the molecule is C[C@H](c1ccc(Cl)cc1)[C@H]1CCC(Cc2ccc(C(=O)O)cc2)C1. The molecule has 0 aliphatic heterocycles. The highest BCUT2D eigenvalue weighted by Gasteiger charge is 2.29. The summed E-state index contributed by atoms with van der Waals surface area (Å²) in [6, 6.07) is 15.6. The van der Waals surface area contributed by atoms with Gasteiger partial charge >= 0.3 is 5.97 Å². The molecule has 2 nitrogen and oxygen atoms in total. The van der Waals surface area contributed by atoms with E-state index >= 15 is 0 Å². The lowest BCUT2D eigenvalue weighted by molar-refractivity contribution is 0.0697. The van der Waals surface area contributed by atoms with Crippen molar-refractivity contribution in [3.05, 3.63) is 70.2 Å². The molecule has 0 radical (unpaired) electrons. The minimum atomic E-state index is -0.862. The van der Waals surface area contributed by atoms with Gasteiger partial charge in [0.15, 0.2) is 0 Å². The fourth-order valence-corrected chi connectivity index (χ4v) is 4.03. The molecule has 1 unspecified atom stereocenters. The summed E-state index contributed by atoms with van der Waals surface area (Å²) < 4.78 is 0. The summed E-state index contributed by atoms with van der Waals surface area (Å²) in [6.45, 7) is 2.32. The molecular weight excluding hydrogens is 320 g/mol. The third kappa shape index (κ3) is 3.99. The molecule has 1 fully saturated rings. The molecule has 0 heterocycles. The van der Waals surface area contributed by atoms with E-state index in [4.69, 9.17) is 16.7 Å². The molecule has 1 aliphatic carbocycles. The maximum absolute atomic E-state index is 10.9. The van der Waals surface area contributed by atoms with Crippen LogP contribution < -0.4 is 0 Å². The van der Waals surface area contributed by atoms with Crippen molar-refractivity contribution in [3.8, 4) is 0 Å². The largest absolute Gasteiger partial charge is 0.478 e. The molecule has 2 aromatic rings. The molecule has 1 N–H and O–H groups in total. The molecule has 3 atom stereocenters. The Balaban J connectivity index is 1.58. The summed E-state index contributed by atoms with van der Waals surface area (Å²) in [5, 5.41) is 9.76.